The third-order valence-corrected chi connectivity index (χ3v) is 6.17. The largest absolute Gasteiger partial charge is 0.363 e. The molecule has 0 aliphatic heterocycles. The average Bonchev–Trinajstić information content (AvgIpc) is 3.26. The fourth-order valence-electron chi connectivity index (χ4n) is 1.98. The molecule has 3 aromatic rings. The Morgan fingerprint density at radius 1 is 1.28 bits per heavy atom. The molecule has 1 aromatic carbocycles. The number of sulfonamides is 1. The van der Waals surface area contributed by atoms with Gasteiger partial charge in [0.1, 0.15) is 12.1 Å². The Labute approximate surface area is 146 Å². The first-order chi connectivity index (χ1) is 11.9. The van der Waals surface area contributed by atoms with Gasteiger partial charge in [0.15, 0.2) is 5.82 Å². The Bertz CT molecular complexity index is 982. The van der Waals surface area contributed by atoms with E-state index < -0.39 is 21.7 Å². The Morgan fingerprint density at radius 3 is 2.64 bits per heavy atom. The standard InChI is InChI=1S/C15H12FN3O4S2/c1-19(11-4-2-10(16)3-5-11)25(21,22)12-8-13(24-9-12)15(20)17-14-6-7-23-18-14/h2-9H,1H3,(H,17,18,20). The van der Waals surface area contributed by atoms with Gasteiger partial charge < -0.3 is 9.84 Å². The summed E-state index contributed by atoms with van der Waals surface area (Å²) in [4.78, 5) is 12.3. The molecule has 0 unspecified atom stereocenters. The summed E-state index contributed by atoms with van der Waals surface area (Å²) in [5, 5.41) is 7.41. The van der Waals surface area contributed by atoms with Crippen molar-refractivity contribution in [3.63, 3.8) is 0 Å². The number of carbonyl (C=O) groups is 1. The number of carbonyl (C=O) groups excluding carboxylic acids is 1. The van der Waals surface area contributed by atoms with E-state index in [1.807, 2.05) is 0 Å². The van der Waals surface area contributed by atoms with Crippen LogP contribution in [-0.2, 0) is 10.0 Å². The van der Waals surface area contributed by atoms with Gasteiger partial charge in [-0.3, -0.25) is 9.10 Å². The number of benzene rings is 1. The second-order valence-electron chi connectivity index (χ2n) is 4.93. The van der Waals surface area contributed by atoms with Crippen LogP contribution in [0.25, 0.3) is 0 Å². The third-order valence-electron chi connectivity index (χ3n) is 3.33. The molecule has 0 saturated carbocycles. The number of anilines is 2. The Hall–Kier alpha value is -2.72. The highest BCUT2D eigenvalue weighted by atomic mass is 32.2. The predicted molar refractivity (Wildman–Crippen MR) is 90.8 cm³/mol. The molecule has 3 rings (SSSR count). The van der Waals surface area contributed by atoms with Crippen molar-refractivity contribution in [1.82, 2.24) is 5.16 Å². The zero-order valence-electron chi connectivity index (χ0n) is 12.8. The van der Waals surface area contributed by atoms with Crippen molar-refractivity contribution >= 4 is 38.8 Å². The van der Waals surface area contributed by atoms with Crippen LogP contribution in [0.2, 0.25) is 0 Å². The number of hydrogen-bond donors (Lipinski definition) is 1. The van der Waals surface area contributed by atoms with E-state index in [0.717, 1.165) is 15.6 Å². The van der Waals surface area contributed by atoms with E-state index in [1.165, 1.54) is 55.1 Å². The highest BCUT2D eigenvalue weighted by molar-refractivity contribution is 7.93. The molecule has 0 spiro atoms. The molecule has 0 atom stereocenters. The highest BCUT2D eigenvalue weighted by Crippen LogP contribution is 2.26. The Kier molecular flexibility index (Phi) is 4.55. The zero-order chi connectivity index (χ0) is 18.0. The Balaban J connectivity index is 1.82. The first-order valence-electron chi connectivity index (χ1n) is 6.93. The fraction of sp³-hybridized carbons (Fsp3) is 0.0667. The molecule has 10 heteroatoms. The number of nitrogens with one attached hydrogen (secondary N) is 1. The monoisotopic (exact) mass is 381 g/mol. The van der Waals surface area contributed by atoms with Gasteiger partial charge in [-0.2, -0.15) is 0 Å². The number of amides is 1. The molecular formula is C15H12FN3O4S2. The van der Waals surface area contributed by atoms with E-state index >= 15 is 0 Å². The van der Waals surface area contributed by atoms with Crippen LogP contribution >= 0.6 is 11.3 Å². The fourth-order valence-corrected chi connectivity index (χ4v) is 4.33. The first-order valence-corrected chi connectivity index (χ1v) is 9.24. The topological polar surface area (TPSA) is 92.5 Å². The number of hydrogen-bond acceptors (Lipinski definition) is 6. The summed E-state index contributed by atoms with van der Waals surface area (Å²) in [6, 6.07) is 7.80. The van der Waals surface area contributed by atoms with Crippen LogP contribution in [0.3, 0.4) is 0 Å². The minimum atomic E-state index is -3.87. The SMILES string of the molecule is CN(c1ccc(F)cc1)S(=O)(=O)c1csc(C(=O)Nc2ccon2)c1. The number of nitrogens with zero attached hydrogens (tertiary/aromatic N) is 2. The van der Waals surface area contributed by atoms with Crippen LogP contribution < -0.4 is 9.62 Å². The lowest BCUT2D eigenvalue weighted by molar-refractivity contribution is 0.102. The lowest BCUT2D eigenvalue weighted by atomic mass is 10.3. The highest BCUT2D eigenvalue weighted by Gasteiger charge is 2.24. The summed E-state index contributed by atoms with van der Waals surface area (Å²) in [7, 11) is -2.52. The van der Waals surface area contributed by atoms with Crippen LogP contribution in [-0.4, -0.2) is 26.5 Å². The quantitative estimate of drug-likeness (QED) is 0.733. The van der Waals surface area contributed by atoms with E-state index in [0.29, 0.717) is 5.69 Å². The molecule has 0 radical (unpaired) electrons. The average molecular weight is 381 g/mol. The molecule has 2 aromatic heterocycles. The van der Waals surface area contributed by atoms with Crippen LogP contribution in [0.15, 0.2) is 57.5 Å². The molecular weight excluding hydrogens is 369 g/mol. The minimum absolute atomic E-state index is 0.0328. The van der Waals surface area contributed by atoms with Gasteiger partial charge >= 0.3 is 0 Å². The van der Waals surface area contributed by atoms with Gasteiger partial charge in [0.05, 0.1) is 15.5 Å². The molecule has 130 valence electrons. The maximum absolute atomic E-state index is 13.0. The molecule has 0 saturated heterocycles. The summed E-state index contributed by atoms with van der Waals surface area (Å²) in [6.45, 7) is 0. The van der Waals surface area contributed by atoms with Crippen molar-refractivity contribution < 1.29 is 22.1 Å². The minimum Gasteiger partial charge on any atom is -0.363 e. The van der Waals surface area contributed by atoms with Gasteiger partial charge in [-0.1, -0.05) is 5.16 Å². The lowest BCUT2D eigenvalue weighted by Crippen LogP contribution is -2.26. The number of thiophene rings is 1. The summed E-state index contributed by atoms with van der Waals surface area (Å²) in [5.41, 5.74) is 0.307. The Morgan fingerprint density at radius 2 is 2.00 bits per heavy atom. The van der Waals surface area contributed by atoms with E-state index in [1.54, 1.807) is 0 Å². The van der Waals surface area contributed by atoms with E-state index in [9.17, 15) is 17.6 Å². The van der Waals surface area contributed by atoms with E-state index in [-0.39, 0.29) is 15.6 Å². The third kappa shape index (κ3) is 3.54. The molecule has 0 aliphatic carbocycles. The molecule has 7 nitrogen and oxygen atoms in total. The van der Waals surface area contributed by atoms with Crippen molar-refractivity contribution in [2.24, 2.45) is 0 Å². The van der Waals surface area contributed by atoms with Crippen LogP contribution in [0.4, 0.5) is 15.9 Å². The van der Waals surface area contributed by atoms with Gasteiger partial charge in [-0.25, -0.2) is 12.8 Å². The summed E-state index contributed by atoms with van der Waals surface area (Å²) in [5.74, 6) is -0.729. The normalized spacial score (nSPS) is 11.3. The molecule has 25 heavy (non-hydrogen) atoms. The molecule has 0 fully saturated rings. The molecule has 1 amide bonds. The van der Waals surface area contributed by atoms with Gasteiger partial charge in [0, 0.05) is 18.5 Å². The smallest absolute Gasteiger partial charge is 0.267 e. The lowest BCUT2D eigenvalue weighted by Gasteiger charge is -2.18. The molecule has 0 aliphatic rings. The van der Waals surface area contributed by atoms with Gasteiger partial charge in [-0.15, -0.1) is 11.3 Å². The van der Waals surface area contributed by atoms with Gasteiger partial charge in [0.2, 0.25) is 0 Å². The van der Waals surface area contributed by atoms with Crippen LogP contribution in [0.5, 0.6) is 0 Å². The summed E-state index contributed by atoms with van der Waals surface area (Å²) >= 11 is 0.985. The molecule has 2 heterocycles. The number of halogens is 1. The van der Waals surface area contributed by atoms with Crippen molar-refractivity contribution in [3.8, 4) is 0 Å². The second kappa shape index (κ2) is 6.65. The predicted octanol–water partition coefficient (Wildman–Crippen LogP) is 2.95. The van der Waals surface area contributed by atoms with Crippen molar-refractivity contribution in [2.45, 2.75) is 4.90 Å². The van der Waals surface area contributed by atoms with E-state index in [4.69, 9.17) is 0 Å². The van der Waals surface area contributed by atoms with Crippen molar-refractivity contribution in [3.05, 3.63) is 58.7 Å². The van der Waals surface area contributed by atoms with Crippen LogP contribution in [0, 0.1) is 5.82 Å². The maximum atomic E-state index is 13.0. The number of aromatic nitrogens is 1. The molecule has 0 bridgehead atoms. The molecule has 1 N–H and O–H groups in total. The zero-order valence-corrected chi connectivity index (χ0v) is 14.5. The van der Waals surface area contributed by atoms with Crippen LogP contribution in [0.1, 0.15) is 9.67 Å². The second-order valence-corrected chi connectivity index (χ2v) is 7.81. The van der Waals surface area contributed by atoms with E-state index in [2.05, 4.69) is 15.0 Å². The number of rotatable bonds is 5. The van der Waals surface area contributed by atoms with Gasteiger partial charge in [-0.05, 0) is 30.3 Å². The summed E-state index contributed by atoms with van der Waals surface area (Å²) in [6.07, 6.45) is 1.30. The van der Waals surface area contributed by atoms with Crippen molar-refractivity contribution in [2.75, 3.05) is 16.7 Å². The van der Waals surface area contributed by atoms with Crippen molar-refractivity contribution in [1.29, 1.82) is 0 Å². The first kappa shape index (κ1) is 17.1. The van der Waals surface area contributed by atoms with Gasteiger partial charge in [0.25, 0.3) is 15.9 Å². The summed E-state index contributed by atoms with van der Waals surface area (Å²) < 4.78 is 43.9. The maximum Gasteiger partial charge on any atom is 0.267 e.